The third-order valence-corrected chi connectivity index (χ3v) is 6.33. The average Bonchev–Trinajstić information content (AvgIpc) is 2.70. The van der Waals surface area contributed by atoms with E-state index in [9.17, 15) is 18.5 Å². The maximum absolute atomic E-state index is 12.7. The molecule has 1 heterocycles. The third kappa shape index (κ3) is 5.79. The molecule has 0 atom stereocenters. The Hall–Kier alpha value is -2.41. The number of rotatable bonds is 8. The van der Waals surface area contributed by atoms with Gasteiger partial charge in [0.2, 0.25) is 10.0 Å². The van der Waals surface area contributed by atoms with Crippen LogP contribution in [0.2, 0.25) is 0 Å². The molecule has 1 aromatic rings. The fraction of sp³-hybridized carbons (Fsp3) is 0.474. The Morgan fingerprint density at radius 3 is 2.46 bits per heavy atom. The molecule has 0 bridgehead atoms. The van der Waals surface area contributed by atoms with Crippen molar-refractivity contribution in [1.82, 2.24) is 14.5 Å². The van der Waals surface area contributed by atoms with Gasteiger partial charge in [-0.25, -0.2) is 8.42 Å². The van der Waals surface area contributed by atoms with E-state index in [1.165, 1.54) is 10.5 Å². The molecule has 1 aliphatic rings. The molecule has 0 radical (unpaired) electrons. The van der Waals surface area contributed by atoms with Crippen molar-refractivity contribution >= 4 is 15.9 Å². The van der Waals surface area contributed by atoms with Gasteiger partial charge in [-0.15, -0.1) is 0 Å². The second-order valence-corrected chi connectivity index (χ2v) is 8.45. The van der Waals surface area contributed by atoms with E-state index in [2.05, 4.69) is 5.32 Å². The van der Waals surface area contributed by atoms with Gasteiger partial charge in [-0.2, -0.15) is 9.57 Å². The van der Waals surface area contributed by atoms with Crippen molar-refractivity contribution in [2.45, 2.75) is 18.2 Å². The van der Waals surface area contributed by atoms with Gasteiger partial charge in [0, 0.05) is 52.6 Å². The summed E-state index contributed by atoms with van der Waals surface area (Å²) >= 11 is 0. The second kappa shape index (κ2) is 10.2. The predicted molar refractivity (Wildman–Crippen MR) is 105 cm³/mol. The maximum Gasteiger partial charge on any atom is 0.263 e. The van der Waals surface area contributed by atoms with Crippen molar-refractivity contribution in [3.8, 4) is 6.07 Å². The molecular formula is C19H26N4O4S. The number of ether oxygens (including phenoxy) is 1. The van der Waals surface area contributed by atoms with Gasteiger partial charge in [0.05, 0.1) is 4.90 Å². The summed E-state index contributed by atoms with van der Waals surface area (Å²) in [5.74, 6) is -0.437. The number of hydrogen-bond acceptors (Lipinski definition) is 6. The molecular weight excluding hydrogens is 380 g/mol. The van der Waals surface area contributed by atoms with Crippen LogP contribution in [0.25, 0.3) is 0 Å². The lowest BCUT2D eigenvalue weighted by atomic mass is 10.2. The number of nitrogens with zero attached hydrogens (tertiary/aromatic N) is 3. The summed E-state index contributed by atoms with van der Waals surface area (Å²) in [6.07, 6.45) is 2.16. The van der Waals surface area contributed by atoms with Crippen LogP contribution >= 0.6 is 0 Å². The number of carbonyl (C=O) groups excluding carboxylic acids is 1. The molecule has 1 saturated heterocycles. The summed E-state index contributed by atoms with van der Waals surface area (Å²) in [6, 6.07) is 8.67. The van der Waals surface area contributed by atoms with Crippen molar-refractivity contribution in [3.63, 3.8) is 0 Å². The van der Waals surface area contributed by atoms with Gasteiger partial charge in [0.15, 0.2) is 0 Å². The lowest BCUT2D eigenvalue weighted by molar-refractivity contribution is -0.117. The number of nitrogens with one attached hydrogen (secondary N) is 1. The summed E-state index contributed by atoms with van der Waals surface area (Å²) < 4.78 is 31.8. The van der Waals surface area contributed by atoms with Crippen LogP contribution in [0, 0.1) is 18.3 Å². The van der Waals surface area contributed by atoms with E-state index in [4.69, 9.17) is 4.74 Å². The Labute approximate surface area is 166 Å². The van der Waals surface area contributed by atoms with E-state index in [0.717, 1.165) is 5.56 Å². The maximum atomic E-state index is 12.7. The van der Waals surface area contributed by atoms with Crippen LogP contribution in [-0.2, 0) is 19.6 Å². The number of benzene rings is 1. The smallest absolute Gasteiger partial charge is 0.263 e. The van der Waals surface area contributed by atoms with E-state index >= 15 is 0 Å². The minimum Gasteiger partial charge on any atom is -0.385 e. The SMILES string of the molecule is COCCCNC(=O)/C(C#N)=C\N1CCN(S(=O)(=O)c2ccc(C)cc2)CC1. The Bertz CT molecular complexity index is 836. The number of piperazine rings is 1. The Morgan fingerprint density at radius 2 is 1.89 bits per heavy atom. The van der Waals surface area contributed by atoms with Crippen molar-refractivity contribution in [1.29, 1.82) is 5.26 Å². The highest BCUT2D eigenvalue weighted by molar-refractivity contribution is 7.89. The van der Waals surface area contributed by atoms with E-state index < -0.39 is 15.9 Å². The molecule has 0 spiro atoms. The number of amides is 1. The zero-order valence-corrected chi connectivity index (χ0v) is 17.0. The fourth-order valence-corrected chi connectivity index (χ4v) is 4.19. The van der Waals surface area contributed by atoms with Gasteiger partial charge >= 0.3 is 0 Å². The number of methoxy groups -OCH3 is 1. The molecule has 2 rings (SSSR count). The van der Waals surface area contributed by atoms with E-state index in [0.29, 0.717) is 45.8 Å². The summed E-state index contributed by atoms with van der Waals surface area (Å²) in [5, 5.41) is 11.9. The first-order valence-electron chi connectivity index (χ1n) is 9.08. The first-order valence-corrected chi connectivity index (χ1v) is 10.5. The molecule has 28 heavy (non-hydrogen) atoms. The summed E-state index contributed by atoms with van der Waals surface area (Å²) in [7, 11) is -1.96. The third-order valence-electron chi connectivity index (χ3n) is 4.42. The molecule has 1 aromatic carbocycles. The van der Waals surface area contributed by atoms with E-state index in [-0.39, 0.29) is 10.5 Å². The van der Waals surface area contributed by atoms with Crippen LogP contribution in [0.15, 0.2) is 40.9 Å². The first-order chi connectivity index (χ1) is 13.4. The molecule has 8 nitrogen and oxygen atoms in total. The first kappa shape index (κ1) is 21.9. The summed E-state index contributed by atoms with van der Waals surface area (Å²) in [5.41, 5.74) is 1.01. The van der Waals surface area contributed by atoms with E-state index in [1.807, 2.05) is 13.0 Å². The van der Waals surface area contributed by atoms with Crippen LogP contribution < -0.4 is 5.32 Å². The molecule has 0 unspecified atom stereocenters. The van der Waals surface area contributed by atoms with Gasteiger partial charge in [0.25, 0.3) is 5.91 Å². The second-order valence-electron chi connectivity index (χ2n) is 6.51. The normalized spacial score (nSPS) is 15.9. The van der Waals surface area contributed by atoms with Gasteiger partial charge < -0.3 is 15.0 Å². The quantitative estimate of drug-likeness (QED) is 0.390. The number of hydrogen-bond donors (Lipinski definition) is 1. The minimum atomic E-state index is -3.54. The Balaban J connectivity index is 1.94. The zero-order valence-electron chi connectivity index (χ0n) is 16.2. The Kier molecular flexibility index (Phi) is 7.99. The lowest BCUT2D eigenvalue weighted by Gasteiger charge is -2.33. The van der Waals surface area contributed by atoms with Crippen LogP contribution in [0.3, 0.4) is 0 Å². The molecule has 0 saturated carbocycles. The molecule has 1 aliphatic heterocycles. The predicted octanol–water partition coefficient (Wildman–Crippen LogP) is 0.862. The van der Waals surface area contributed by atoms with Crippen molar-refractivity contribution in [2.75, 3.05) is 46.4 Å². The van der Waals surface area contributed by atoms with Crippen LogP contribution in [0.5, 0.6) is 0 Å². The molecule has 0 aliphatic carbocycles. The number of carbonyl (C=O) groups is 1. The largest absolute Gasteiger partial charge is 0.385 e. The molecule has 1 fully saturated rings. The monoisotopic (exact) mass is 406 g/mol. The van der Waals surface area contributed by atoms with Crippen molar-refractivity contribution in [3.05, 3.63) is 41.6 Å². The topological polar surface area (TPSA) is 103 Å². The zero-order chi connectivity index (χ0) is 20.6. The van der Waals surface area contributed by atoms with Crippen LogP contribution in [0.4, 0.5) is 0 Å². The van der Waals surface area contributed by atoms with Gasteiger partial charge in [-0.05, 0) is 25.5 Å². The molecule has 1 amide bonds. The fourth-order valence-electron chi connectivity index (χ4n) is 2.77. The highest BCUT2D eigenvalue weighted by atomic mass is 32.2. The highest BCUT2D eigenvalue weighted by Gasteiger charge is 2.28. The van der Waals surface area contributed by atoms with Gasteiger partial charge in [-0.3, -0.25) is 4.79 Å². The van der Waals surface area contributed by atoms with Crippen molar-refractivity contribution < 1.29 is 17.9 Å². The van der Waals surface area contributed by atoms with Crippen molar-refractivity contribution in [2.24, 2.45) is 0 Å². The molecule has 9 heteroatoms. The lowest BCUT2D eigenvalue weighted by Crippen LogP contribution is -2.47. The Morgan fingerprint density at radius 1 is 1.25 bits per heavy atom. The van der Waals surface area contributed by atoms with E-state index in [1.54, 1.807) is 36.3 Å². The van der Waals surface area contributed by atoms with Crippen LogP contribution in [0.1, 0.15) is 12.0 Å². The molecule has 152 valence electrons. The molecule has 1 N–H and O–H groups in total. The number of nitriles is 1. The van der Waals surface area contributed by atoms with Gasteiger partial charge in [-0.1, -0.05) is 17.7 Å². The van der Waals surface area contributed by atoms with Gasteiger partial charge in [0.1, 0.15) is 11.6 Å². The minimum absolute atomic E-state index is 0.00672. The standard InChI is InChI=1S/C19H26N4O4S/c1-16-4-6-18(7-5-16)28(25,26)23-11-9-22(10-12-23)15-17(14-20)19(24)21-8-3-13-27-2/h4-7,15H,3,8-13H2,1-2H3,(H,21,24)/b17-15-. The highest BCUT2D eigenvalue weighted by Crippen LogP contribution is 2.18. The van der Waals surface area contributed by atoms with Crippen LogP contribution in [-0.4, -0.2) is 70.0 Å². The number of aryl methyl sites for hydroxylation is 1. The summed E-state index contributed by atoms with van der Waals surface area (Å²) in [6.45, 7) is 4.27. The summed E-state index contributed by atoms with van der Waals surface area (Å²) in [4.78, 5) is 14.1. The number of sulfonamides is 1. The molecule has 0 aromatic heterocycles. The average molecular weight is 407 g/mol.